The van der Waals surface area contributed by atoms with Crippen LogP contribution in [-0.2, 0) is 16.0 Å². The Bertz CT molecular complexity index is 768. The normalized spacial score (nSPS) is 28.0. The van der Waals surface area contributed by atoms with E-state index in [1.165, 1.54) is 11.1 Å². The molecule has 0 aromatic heterocycles. The van der Waals surface area contributed by atoms with Gasteiger partial charge in [-0.3, -0.25) is 4.79 Å². The average Bonchev–Trinajstić information content (AvgIpc) is 3.08. The average molecular weight is 386 g/mol. The predicted molar refractivity (Wildman–Crippen MR) is 107 cm³/mol. The standard InChI is InChI=1S/C22H31N3O3/c1-21(2)8-7-15-5-3-4-6-17(15)18(21)24-20(27)25-11-9-22(10-12-25)13-16(14-28-22)19(23)26/h3-6,16,18H,7-14H2,1-2H3,(H2,23,26)(H,24,27). The summed E-state index contributed by atoms with van der Waals surface area (Å²) in [5, 5.41) is 3.31. The van der Waals surface area contributed by atoms with Gasteiger partial charge in [-0.15, -0.1) is 0 Å². The van der Waals surface area contributed by atoms with Crippen molar-refractivity contribution in [1.29, 1.82) is 0 Å². The molecule has 2 aliphatic heterocycles. The van der Waals surface area contributed by atoms with Crippen molar-refractivity contribution in [2.24, 2.45) is 17.1 Å². The Morgan fingerprint density at radius 3 is 2.57 bits per heavy atom. The number of urea groups is 1. The van der Waals surface area contributed by atoms with E-state index < -0.39 is 0 Å². The van der Waals surface area contributed by atoms with Gasteiger partial charge in [0.05, 0.1) is 24.2 Å². The number of primary amides is 1. The zero-order valence-electron chi connectivity index (χ0n) is 16.9. The van der Waals surface area contributed by atoms with Crippen molar-refractivity contribution in [3.63, 3.8) is 0 Å². The molecule has 28 heavy (non-hydrogen) atoms. The lowest BCUT2D eigenvalue weighted by molar-refractivity contribution is -0.121. The number of fused-ring (bicyclic) bond motifs is 1. The lowest BCUT2D eigenvalue weighted by atomic mass is 9.70. The molecule has 0 saturated carbocycles. The maximum Gasteiger partial charge on any atom is 0.317 e. The molecule has 2 heterocycles. The summed E-state index contributed by atoms with van der Waals surface area (Å²) < 4.78 is 5.95. The van der Waals surface area contributed by atoms with E-state index in [4.69, 9.17) is 10.5 Å². The van der Waals surface area contributed by atoms with Crippen molar-refractivity contribution >= 4 is 11.9 Å². The third-order valence-corrected chi connectivity index (χ3v) is 7.03. The van der Waals surface area contributed by atoms with Crippen molar-refractivity contribution in [3.8, 4) is 0 Å². The van der Waals surface area contributed by atoms with Crippen molar-refractivity contribution in [2.75, 3.05) is 19.7 Å². The van der Waals surface area contributed by atoms with E-state index in [0.29, 0.717) is 26.1 Å². The van der Waals surface area contributed by atoms with Crippen LogP contribution in [0.3, 0.4) is 0 Å². The Hall–Kier alpha value is -2.08. The number of carbonyl (C=O) groups is 2. The summed E-state index contributed by atoms with van der Waals surface area (Å²) in [6.07, 6.45) is 4.31. The smallest absolute Gasteiger partial charge is 0.317 e. The van der Waals surface area contributed by atoms with Gasteiger partial charge >= 0.3 is 6.03 Å². The van der Waals surface area contributed by atoms with E-state index >= 15 is 0 Å². The molecule has 3 N–H and O–H groups in total. The molecule has 4 rings (SSSR count). The summed E-state index contributed by atoms with van der Waals surface area (Å²) in [5.74, 6) is -0.477. The Morgan fingerprint density at radius 1 is 1.18 bits per heavy atom. The summed E-state index contributed by atoms with van der Waals surface area (Å²) in [7, 11) is 0. The minimum atomic E-state index is -0.285. The molecule has 0 bridgehead atoms. The van der Waals surface area contributed by atoms with E-state index in [2.05, 4.69) is 43.4 Å². The second-order valence-corrected chi connectivity index (χ2v) is 9.35. The lowest BCUT2D eigenvalue weighted by Crippen LogP contribution is -2.52. The summed E-state index contributed by atoms with van der Waals surface area (Å²) in [5.41, 5.74) is 7.75. The van der Waals surface area contributed by atoms with Crippen LogP contribution in [0.5, 0.6) is 0 Å². The minimum absolute atomic E-state index is 0.00548. The Balaban J connectivity index is 1.41. The fourth-order valence-corrected chi connectivity index (χ4v) is 5.05. The van der Waals surface area contributed by atoms with Gasteiger partial charge in [0.1, 0.15) is 0 Å². The van der Waals surface area contributed by atoms with Gasteiger partial charge < -0.3 is 20.7 Å². The number of piperidine rings is 1. The Labute approximate surface area is 166 Å². The number of ether oxygens (including phenoxy) is 1. The van der Waals surface area contributed by atoms with Crippen molar-refractivity contribution < 1.29 is 14.3 Å². The number of nitrogens with zero attached hydrogens (tertiary/aromatic N) is 1. The van der Waals surface area contributed by atoms with Crippen LogP contribution in [0, 0.1) is 11.3 Å². The third kappa shape index (κ3) is 3.50. The zero-order valence-corrected chi connectivity index (χ0v) is 16.9. The summed E-state index contributed by atoms with van der Waals surface area (Å²) in [6, 6.07) is 8.44. The summed E-state index contributed by atoms with van der Waals surface area (Å²) in [4.78, 5) is 26.4. The largest absolute Gasteiger partial charge is 0.374 e. The molecule has 6 nitrogen and oxygen atoms in total. The van der Waals surface area contributed by atoms with Gasteiger partial charge in [0.15, 0.2) is 0 Å². The first-order chi connectivity index (χ1) is 13.3. The molecule has 3 aliphatic rings. The first-order valence-electron chi connectivity index (χ1n) is 10.4. The molecule has 6 heteroatoms. The molecule has 3 amide bonds. The number of hydrogen-bond acceptors (Lipinski definition) is 3. The Kier molecular flexibility index (Phi) is 4.86. The van der Waals surface area contributed by atoms with Crippen LogP contribution >= 0.6 is 0 Å². The van der Waals surface area contributed by atoms with E-state index in [1.54, 1.807) is 0 Å². The first kappa shape index (κ1) is 19.2. The van der Waals surface area contributed by atoms with Gasteiger partial charge in [0.25, 0.3) is 0 Å². The van der Waals surface area contributed by atoms with Crippen molar-refractivity contribution in [2.45, 2.75) is 57.6 Å². The molecular weight excluding hydrogens is 354 g/mol. The van der Waals surface area contributed by atoms with E-state index in [-0.39, 0.29) is 34.9 Å². The minimum Gasteiger partial charge on any atom is -0.374 e. The van der Waals surface area contributed by atoms with Crippen LogP contribution in [-0.4, -0.2) is 42.1 Å². The highest BCUT2D eigenvalue weighted by atomic mass is 16.5. The fourth-order valence-electron chi connectivity index (χ4n) is 5.05. The monoisotopic (exact) mass is 385 g/mol. The Morgan fingerprint density at radius 2 is 1.89 bits per heavy atom. The maximum atomic E-state index is 13.0. The molecule has 2 atom stereocenters. The number of carbonyl (C=O) groups excluding carboxylic acids is 2. The SMILES string of the molecule is CC1(C)CCc2ccccc2C1NC(=O)N1CCC2(CC1)CC(C(N)=O)CO2. The summed E-state index contributed by atoms with van der Waals surface area (Å²) in [6.45, 7) is 6.16. The van der Waals surface area contributed by atoms with Gasteiger partial charge in [-0.1, -0.05) is 38.1 Å². The van der Waals surface area contributed by atoms with E-state index in [0.717, 1.165) is 25.7 Å². The van der Waals surface area contributed by atoms with Crippen LogP contribution in [0.1, 0.15) is 56.7 Å². The van der Waals surface area contributed by atoms with Gasteiger partial charge in [-0.05, 0) is 48.6 Å². The van der Waals surface area contributed by atoms with Crippen LogP contribution in [0.15, 0.2) is 24.3 Å². The van der Waals surface area contributed by atoms with Gasteiger partial charge in [0.2, 0.25) is 5.91 Å². The molecule has 1 aliphatic carbocycles. The second kappa shape index (κ2) is 7.07. The molecule has 1 spiro atoms. The highest BCUT2D eigenvalue weighted by Gasteiger charge is 2.45. The number of nitrogens with one attached hydrogen (secondary N) is 1. The molecule has 2 fully saturated rings. The van der Waals surface area contributed by atoms with Crippen LogP contribution in [0.2, 0.25) is 0 Å². The number of hydrogen-bond donors (Lipinski definition) is 2. The fraction of sp³-hybridized carbons (Fsp3) is 0.636. The van der Waals surface area contributed by atoms with E-state index in [1.807, 2.05) is 4.90 Å². The van der Waals surface area contributed by atoms with Gasteiger partial charge in [-0.25, -0.2) is 4.79 Å². The third-order valence-electron chi connectivity index (χ3n) is 7.03. The molecule has 1 aromatic rings. The summed E-state index contributed by atoms with van der Waals surface area (Å²) >= 11 is 0. The highest BCUT2D eigenvalue weighted by Crippen LogP contribution is 2.44. The number of aryl methyl sites for hydroxylation is 1. The maximum absolute atomic E-state index is 13.0. The van der Waals surface area contributed by atoms with Gasteiger partial charge in [-0.2, -0.15) is 0 Å². The molecule has 1 aromatic carbocycles. The van der Waals surface area contributed by atoms with Crippen molar-refractivity contribution in [3.05, 3.63) is 35.4 Å². The number of likely N-dealkylation sites (tertiary alicyclic amines) is 1. The number of benzene rings is 1. The molecule has 2 unspecified atom stereocenters. The molecule has 0 radical (unpaired) electrons. The van der Waals surface area contributed by atoms with E-state index in [9.17, 15) is 9.59 Å². The van der Waals surface area contributed by atoms with Crippen LogP contribution in [0.4, 0.5) is 4.79 Å². The molecule has 152 valence electrons. The number of nitrogens with two attached hydrogens (primary N) is 1. The lowest BCUT2D eigenvalue weighted by Gasteiger charge is -2.43. The zero-order chi connectivity index (χ0) is 19.9. The topological polar surface area (TPSA) is 84.7 Å². The predicted octanol–water partition coefficient (Wildman–Crippen LogP) is 2.77. The highest BCUT2D eigenvalue weighted by molar-refractivity contribution is 5.77. The van der Waals surface area contributed by atoms with Gasteiger partial charge in [0, 0.05) is 13.1 Å². The molecular formula is C22H31N3O3. The van der Waals surface area contributed by atoms with Crippen LogP contribution in [0.25, 0.3) is 0 Å². The molecule has 2 saturated heterocycles. The quantitative estimate of drug-likeness (QED) is 0.821. The number of amides is 3. The second-order valence-electron chi connectivity index (χ2n) is 9.35. The van der Waals surface area contributed by atoms with Crippen LogP contribution < -0.4 is 11.1 Å². The number of rotatable bonds is 2. The first-order valence-corrected chi connectivity index (χ1v) is 10.4. The van der Waals surface area contributed by atoms with Crippen molar-refractivity contribution in [1.82, 2.24) is 10.2 Å².